The Labute approximate surface area is 162 Å². The van der Waals surface area contributed by atoms with E-state index in [1.807, 2.05) is 43.3 Å². The number of carbonyl (C=O) groups excluding carboxylic acids is 2. The summed E-state index contributed by atoms with van der Waals surface area (Å²) in [5.41, 5.74) is 1.82. The molecule has 142 valence electrons. The third-order valence-corrected chi connectivity index (χ3v) is 5.45. The Balaban J connectivity index is 2.04. The van der Waals surface area contributed by atoms with Crippen LogP contribution in [0.4, 0.5) is 0 Å². The molecule has 2 atom stereocenters. The number of methoxy groups -OCH3 is 1. The molecule has 1 amide bonds. The fourth-order valence-electron chi connectivity index (χ4n) is 3.10. The molecule has 0 spiro atoms. The summed E-state index contributed by atoms with van der Waals surface area (Å²) in [6.07, 6.45) is 3.69. The van der Waals surface area contributed by atoms with Crippen molar-refractivity contribution in [2.75, 3.05) is 13.7 Å². The molecule has 27 heavy (non-hydrogen) atoms. The van der Waals surface area contributed by atoms with Crippen LogP contribution in [0.15, 0.2) is 46.6 Å². The highest BCUT2D eigenvalue weighted by Crippen LogP contribution is 2.37. The van der Waals surface area contributed by atoms with Crippen LogP contribution in [0.25, 0.3) is 6.08 Å². The van der Waals surface area contributed by atoms with Crippen molar-refractivity contribution in [3.8, 4) is 5.75 Å². The molecule has 1 fully saturated rings. The summed E-state index contributed by atoms with van der Waals surface area (Å²) >= 11 is 1.40. The molecule has 2 heterocycles. The van der Waals surface area contributed by atoms with E-state index in [4.69, 9.17) is 9.47 Å². The summed E-state index contributed by atoms with van der Waals surface area (Å²) in [4.78, 5) is 31.3. The van der Waals surface area contributed by atoms with E-state index in [0.717, 1.165) is 5.56 Å². The number of hydrogen-bond donors (Lipinski definition) is 0. The number of benzene rings is 1. The topological polar surface area (TPSA) is 68.2 Å². The van der Waals surface area contributed by atoms with E-state index in [2.05, 4.69) is 4.99 Å². The van der Waals surface area contributed by atoms with Gasteiger partial charge in [0.05, 0.1) is 36.3 Å². The zero-order valence-corrected chi connectivity index (χ0v) is 16.6. The first-order valence-corrected chi connectivity index (χ1v) is 9.63. The van der Waals surface area contributed by atoms with Gasteiger partial charge in [0.1, 0.15) is 5.75 Å². The number of hydrogen-bond acceptors (Lipinski definition) is 6. The molecule has 2 aliphatic heterocycles. The summed E-state index contributed by atoms with van der Waals surface area (Å²) in [7, 11) is 1.61. The molecule has 0 radical (unpaired) electrons. The van der Waals surface area contributed by atoms with E-state index >= 15 is 0 Å². The lowest BCUT2D eigenvalue weighted by Crippen LogP contribution is -2.45. The van der Waals surface area contributed by atoms with Crippen molar-refractivity contribution in [1.82, 2.24) is 4.90 Å². The fraction of sp³-hybridized carbons (Fsp3) is 0.350. The van der Waals surface area contributed by atoms with Crippen molar-refractivity contribution in [3.05, 3.63) is 47.2 Å². The van der Waals surface area contributed by atoms with Crippen LogP contribution < -0.4 is 4.74 Å². The van der Waals surface area contributed by atoms with Gasteiger partial charge >= 0.3 is 5.97 Å². The Morgan fingerprint density at radius 2 is 2.11 bits per heavy atom. The van der Waals surface area contributed by atoms with Gasteiger partial charge in [-0.1, -0.05) is 42.1 Å². The maximum Gasteiger partial charge on any atom is 0.338 e. The number of thioether (sulfide) groups is 1. The van der Waals surface area contributed by atoms with Crippen LogP contribution in [-0.4, -0.2) is 47.0 Å². The van der Waals surface area contributed by atoms with Crippen LogP contribution in [0.5, 0.6) is 5.75 Å². The summed E-state index contributed by atoms with van der Waals surface area (Å²) in [6.45, 7) is 5.63. The molecule has 0 bridgehead atoms. The lowest BCUT2D eigenvalue weighted by molar-refractivity contribution is -0.139. The van der Waals surface area contributed by atoms with Crippen molar-refractivity contribution >= 4 is 34.9 Å². The number of esters is 1. The first kappa shape index (κ1) is 19.2. The van der Waals surface area contributed by atoms with Crippen LogP contribution in [0, 0.1) is 0 Å². The van der Waals surface area contributed by atoms with Gasteiger partial charge in [0.25, 0.3) is 0 Å². The first-order chi connectivity index (χ1) is 13.0. The van der Waals surface area contributed by atoms with Gasteiger partial charge in [-0.2, -0.15) is 0 Å². The van der Waals surface area contributed by atoms with Gasteiger partial charge in [0.15, 0.2) is 5.17 Å². The molecule has 0 aromatic heterocycles. The monoisotopic (exact) mass is 386 g/mol. The minimum Gasteiger partial charge on any atom is -0.496 e. The molecule has 1 aromatic carbocycles. The van der Waals surface area contributed by atoms with E-state index in [1.54, 1.807) is 25.9 Å². The van der Waals surface area contributed by atoms with Crippen molar-refractivity contribution in [1.29, 1.82) is 0 Å². The molecular weight excluding hydrogens is 364 g/mol. The molecule has 0 aliphatic carbocycles. The molecule has 7 heteroatoms. The Morgan fingerprint density at radius 3 is 2.81 bits per heavy atom. The lowest BCUT2D eigenvalue weighted by Gasteiger charge is -2.30. The number of amidine groups is 1. The van der Waals surface area contributed by atoms with Crippen molar-refractivity contribution in [2.24, 2.45) is 4.99 Å². The van der Waals surface area contributed by atoms with Gasteiger partial charge in [0, 0.05) is 5.56 Å². The summed E-state index contributed by atoms with van der Waals surface area (Å²) in [5, 5.41) is 0.382. The standard InChI is InChI=1S/C20H22N2O4S/c1-5-26-19(24)17-12(2)21-20-22(18(23)13(3)27-20)15(17)11-10-14-8-6-7-9-16(14)25-4/h6-11,13,15H,5H2,1-4H3/b11-10+/t13-,15-/m0/s1. The zero-order chi connectivity index (χ0) is 19.6. The van der Waals surface area contributed by atoms with E-state index in [-0.39, 0.29) is 17.8 Å². The minimum atomic E-state index is -0.564. The average Bonchev–Trinajstić information content (AvgIpc) is 2.93. The van der Waals surface area contributed by atoms with Gasteiger partial charge in [0.2, 0.25) is 5.91 Å². The predicted molar refractivity (Wildman–Crippen MR) is 106 cm³/mol. The number of allylic oxidation sites excluding steroid dienone is 1. The van der Waals surface area contributed by atoms with E-state index in [0.29, 0.717) is 22.2 Å². The maximum absolute atomic E-state index is 12.7. The molecule has 1 saturated heterocycles. The number of para-hydroxylation sites is 1. The summed E-state index contributed by atoms with van der Waals surface area (Å²) in [6, 6.07) is 7.00. The molecule has 0 unspecified atom stereocenters. The fourth-order valence-corrected chi connectivity index (χ4v) is 4.13. The highest BCUT2D eigenvalue weighted by molar-refractivity contribution is 8.15. The highest BCUT2D eigenvalue weighted by atomic mass is 32.2. The molecule has 0 N–H and O–H groups in total. The quantitative estimate of drug-likeness (QED) is 0.727. The van der Waals surface area contributed by atoms with Crippen LogP contribution in [0.3, 0.4) is 0 Å². The largest absolute Gasteiger partial charge is 0.496 e. The van der Waals surface area contributed by atoms with Gasteiger partial charge in [-0.25, -0.2) is 9.79 Å². The Morgan fingerprint density at radius 1 is 1.37 bits per heavy atom. The summed E-state index contributed by atoms with van der Waals surface area (Å²) in [5.74, 6) is 0.194. The molecule has 1 aromatic rings. The highest BCUT2D eigenvalue weighted by Gasteiger charge is 2.44. The second-order valence-corrected chi connectivity index (χ2v) is 7.44. The first-order valence-electron chi connectivity index (χ1n) is 8.75. The average molecular weight is 386 g/mol. The van der Waals surface area contributed by atoms with E-state index < -0.39 is 12.0 Å². The Kier molecular flexibility index (Phi) is 5.70. The van der Waals surface area contributed by atoms with Gasteiger partial charge in [-0.15, -0.1) is 0 Å². The SMILES string of the molecule is CCOC(=O)C1=C(C)N=C2S[C@@H](C)C(=O)N2[C@H]1/C=C/c1ccccc1OC. The van der Waals surface area contributed by atoms with Gasteiger partial charge in [-0.05, 0) is 26.8 Å². The van der Waals surface area contributed by atoms with E-state index in [1.165, 1.54) is 11.8 Å². The second-order valence-electron chi connectivity index (χ2n) is 6.13. The van der Waals surface area contributed by atoms with Crippen molar-refractivity contribution in [3.63, 3.8) is 0 Å². The van der Waals surface area contributed by atoms with Crippen LogP contribution in [0.1, 0.15) is 26.3 Å². The number of fused-ring (bicyclic) bond motifs is 1. The normalized spacial score (nSPS) is 22.1. The maximum atomic E-state index is 12.7. The second kappa shape index (κ2) is 8.00. The molecule has 2 aliphatic rings. The van der Waals surface area contributed by atoms with Gasteiger partial charge in [-0.3, -0.25) is 9.69 Å². The van der Waals surface area contributed by atoms with E-state index in [9.17, 15) is 9.59 Å². The summed E-state index contributed by atoms with van der Waals surface area (Å²) < 4.78 is 10.6. The lowest BCUT2D eigenvalue weighted by atomic mass is 10.00. The molecule has 6 nitrogen and oxygen atoms in total. The molecule has 0 saturated carbocycles. The molecular formula is C20H22N2O4S. The van der Waals surface area contributed by atoms with Gasteiger partial charge < -0.3 is 9.47 Å². The van der Waals surface area contributed by atoms with Crippen molar-refractivity contribution < 1.29 is 19.1 Å². The van der Waals surface area contributed by atoms with Crippen LogP contribution in [0.2, 0.25) is 0 Å². The van der Waals surface area contributed by atoms with Crippen molar-refractivity contribution in [2.45, 2.75) is 32.1 Å². The number of carbonyl (C=O) groups is 2. The van der Waals surface area contributed by atoms with Crippen LogP contribution in [-0.2, 0) is 14.3 Å². The van der Waals surface area contributed by atoms with Crippen LogP contribution >= 0.6 is 11.8 Å². The number of aliphatic imine (C=N–C) groups is 1. The third kappa shape index (κ3) is 3.64. The smallest absolute Gasteiger partial charge is 0.338 e. The predicted octanol–water partition coefficient (Wildman–Crippen LogP) is 3.25. The zero-order valence-electron chi connectivity index (χ0n) is 15.8. The third-order valence-electron chi connectivity index (χ3n) is 4.39. The Bertz CT molecular complexity index is 859. The Hall–Kier alpha value is -2.54. The number of amides is 1. The number of ether oxygens (including phenoxy) is 2. The number of rotatable bonds is 5. The minimum absolute atomic E-state index is 0.0669. The number of nitrogens with zero attached hydrogens (tertiary/aromatic N) is 2. The molecule has 3 rings (SSSR count).